The van der Waals surface area contributed by atoms with E-state index in [9.17, 15) is 4.79 Å². The van der Waals surface area contributed by atoms with E-state index in [-0.39, 0.29) is 5.91 Å². The second-order valence-electron chi connectivity index (χ2n) is 8.12. The van der Waals surface area contributed by atoms with Crippen LogP contribution < -0.4 is 10.0 Å². The number of nitrogens with zero attached hydrogens (tertiary/aromatic N) is 4. The Bertz CT molecular complexity index is 1240. The summed E-state index contributed by atoms with van der Waals surface area (Å²) >= 11 is 0. The van der Waals surface area contributed by atoms with Crippen LogP contribution in [0.25, 0.3) is 0 Å². The molecule has 2 aliphatic rings. The van der Waals surface area contributed by atoms with Crippen LogP contribution in [0.15, 0.2) is 59.8 Å². The average molecular weight is 412 g/mol. The minimum Gasteiger partial charge on any atom is -0.267 e. The Kier molecular flexibility index (Phi) is 4.34. The van der Waals surface area contributed by atoms with E-state index in [0.717, 1.165) is 33.6 Å². The van der Waals surface area contributed by atoms with Crippen LogP contribution in [0, 0.1) is 34.6 Å². The first-order valence-corrected chi connectivity index (χ1v) is 10.3. The maximum absolute atomic E-state index is 13.6. The lowest BCUT2D eigenvalue weighted by Gasteiger charge is -2.26. The van der Waals surface area contributed by atoms with E-state index in [2.05, 4.69) is 38.9 Å². The lowest BCUT2D eigenvalue weighted by molar-refractivity contribution is -0.135. The maximum Gasteiger partial charge on any atom is 0.277 e. The summed E-state index contributed by atoms with van der Waals surface area (Å²) in [5, 5.41) is 9.28. The third kappa shape index (κ3) is 2.75. The lowest BCUT2D eigenvalue weighted by Crippen LogP contribution is -2.49. The molecule has 0 aromatic heterocycles. The standard InChI is InChI=1S/C25H24N4O2/c1-15-10-6-7-11-20(15)25(30)28-22-13-9-8-12-21(22)27-24(26-31-29(27)28)23-18(4)16(2)14-17(3)19(23)5/h6-14H,1-5H3. The van der Waals surface area contributed by atoms with Crippen LogP contribution in [-0.2, 0) is 4.94 Å². The summed E-state index contributed by atoms with van der Waals surface area (Å²) in [7, 11) is 0. The largest absolute Gasteiger partial charge is 0.277 e. The van der Waals surface area contributed by atoms with Crippen molar-refractivity contribution in [1.29, 1.82) is 0 Å². The normalized spacial score (nSPS) is 14.9. The molecule has 0 bridgehead atoms. The van der Waals surface area contributed by atoms with Gasteiger partial charge in [-0.05, 0) is 85.8 Å². The number of anilines is 2. The zero-order chi connectivity index (χ0) is 21.9. The topological polar surface area (TPSA) is 48.4 Å². The van der Waals surface area contributed by atoms with Gasteiger partial charge in [0.25, 0.3) is 5.91 Å². The molecule has 0 unspecified atom stereocenters. The Balaban J connectivity index is 1.65. The first-order chi connectivity index (χ1) is 14.9. The van der Waals surface area contributed by atoms with Crippen molar-refractivity contribution in [2.24, 2.45) is 5.16 Å². The summed E-state index contributed by atoms with van der Waals surface area (Å²) in [6, 6.07) is 17.5. The first-order valence-electron chi connectivity index (χ1n) is 10.3. The maximum atomic E-state index is 13.6. The number of amidine groups is 1. The Morgan fingerprint density at radius 3 is 2.10 bits per heavy atom. The van der Waals surface area contributed by atoms with Gasteiger partial charge in [0, 0.05) is 11.1 Å². The van der Waals surface area contributed by atoms with Gasteiger partial charge in [0.15, 0.2) is 0 Å². The van der Waals surface area contributed by atoms with E-state index >= 15 is 0 Å². The molecular weight excluding hydrogens is 388 g/mol. The predicted octanol–water partition coefficient (Wildman–Crippen LogP) is 5.13. The summed E-state index contributed by atoms with van der Waals surface area (Å²) in [5.41, 5.74) is 8.84. The zero-order valence-corrected chi connectivity index (χ0v) is 18.3. The van der Waals surface area contributed by atoms with E-state index < -0.39 is 0 Å². The highest BCUT2D eigenvalue weighted by Crippen LogP contribution is 2.43. The molecule has 5 rings (SSSR count). The van der Waals surface area contributed by atoms with Gasteiger partial charge in [-0.1, -0.05) is 36.4 Å². The van der Waals surface area contributed by atoms with Crippen LogP contribution in [-0.4, -0.2) is 17.0 Å². The molecule has 0 saturated carbocycles. The summed E-state index contributed by atoms with van der Waals surface area (Å²) in [6.45, 7) is 10.3. The molecule has 0 atom stereocenters. The summed E-state index contributed by atoms with van der Waals surface area (Å²) in [5.74, 6) is 0.507. The number of fused-ring (bicyclic) bond motifs is 3. The molecular formula is C25H24N4O2. The Morgan fingerprint density at radius 1 is 0.806 bits per heavy atom. The molecule has 156 valence electrons. The minimum absolute atomic E-state index is 0.168. The SMILES string of the molecule is Cc1ccccc1C(=O)N1c2ccccc2N2C(c3c(C)c(C)cc(C)c3C)=NON12. The number of amides is 1. The molecule has 3 aromatic carbocycles. The van der Waals surface area contributed by atoms with Crippen LogP contribution >= 0.6 is 0 Å². The van der Waals surface area contributed by atoms with Crippen molar-refractivity contribution in [3.05, 3.63) is 93.5 Å². The fourth-order valence-corrected chi connectivity index (χ4v) is 4.30. The fraction of sp³-hybridized carbons (Fsp3) is 0.200. The third-order valence-corrected chi connectivity index (χ3v) is 6.24. The zero-order valence-electron chi connectivity index (χ0n) is 18.3. The molecule has 2 aliphatic heterocycles. The van der Waals surface area contributed by atoms with Gasteiger partial charge in [-0.15, -0.1) is 0 Å². The molecule has 31 heavy (non-hydrogen) atoms. The van der Waals surface area contributed by atoms with E-state index in [1.165, 1.54) is 16.4 Å². The molecule has 0 radical (unpaired) electrons. The van der Waals surface area contributed by atoms with Crippen molar-refractivity contribution in [2.75, 3.05) is 10.0 Å². The summed E-state index contributed by atoms with van der Waals surface area (Å²) in [4.78, 5) is 19.3. The van der Waals surface area contributed by atoms with E-state index in [1.807, 2.05) is 60.5 Å². The third-order valence-electron chi connectivity index (χ3n) is 6.24. The van der Waals surface area contributed by atoms with Crippen molar-refractivity contribution in [1.82, 2.24) is 5.28 Å². The quantitative estimate of drug-likeness (QED) is 0.585. The van der Waals surface area contributed by atoms with E-state index in [4.69, 9.17) is 4.94 Å². The van der Waals surface area contributed by atoms with Gasteiger partial charge in [0.1, 0.15) is 0 Å². The highest BCUT2D eigenvalue weighted by atomic mass is 16.9. The fourth-order valence-electron chi connectivity index (χ4n) is 4.30. The van der Waals surface area contributed by atoms with Crippen LogP contribution in [0.5, 0.6) is 0 Å². The molecule has 0 aliphatic carbocycles. The number of hydrazine groups is 2. The molecule has 0 fully saturated rings. The number of oxime groups is 1. The molecule has 6 nitrogen and oxygen atoms in total. The van der Waals surface area contributed by atoms with Crippen LogP contribution in [0.2, 0.25) is 0 Å². The van der Waals surface area contributed by atoms with Crippen molar-refractivity contribution in [2.45, 2.75) is 34.6 Å². The van der Waals surface area contributed by atoms with Gasteiger partial charge in [0.05, 0.1) is 16.7 Å². The minimum atomic E-state index is -0.168. The number of aryl methyl sites for hydroxylation is 3. The van der Waals surface area contributed by atoms with Gasteiger partial charge in [-0.2, -0.15) is 10.0 Å². The van der Waals surface area contributed by atoms with Crippen molar-refractivity contribution in [3.8, 4) is 0 Å². The number of carbonyl (C=O) groups is 1. The molecule has 1 amide bonds. The summed E-state index contributed by atoms with van der Waals surface area (Å²) < 4.78 is 0. The second kappa shape index (κ2) is 6.96. The Morgan fingerprint density at radius 2 is 1.42 bits per heavy atom. The van der Waals surface area contributed by atoms with Gasteiger partial charge in [-0.25, -0.2) is 0 Å². The van der Waals surface area contributed by atoms with Crippen LogP contribution in [0.4, 0.5) is 11.4 Å². The summed E-state index contributed by atoms with van der Waals surface area (Å²) in [6.07, 6.45) is 0. The average Bonchev–Trinajstić information content (AvgIpc) is 3.31. The molecule has 6 heteroatoms. The number of benzene rings is 3. The Hall–Kier alpha value is -3.64. The smallest absolute Gasteiger partial charge is 0.267 e. The molecule has 0 saturated heterocycles. The molecule has 3 aromatic rings. The lowest BCUT2D eigenvalue weighted by atomic mass is 9.93. The van der Waals surface area contributed by atoms with E-state index in [0.29, 0.717) is 11.4 Å². The van der Waals surface area contributed by atoms with Crippen molar-refractivity contribution >= 4 is 23.1 Å². The van der Waals surface area contributed by atoms with Crippen molar-refractivity contribution < 1.29 is 9.73 Å². The molecule has 0 spiro atoms. The van der Waals surface area contributed by atoms with Gasteiger partial charge < -0.3 is 0 Å². The highest BCUT2D eigenvalue weighted by Gasteiger charge is 2.47. The van der Waals surface area contributed by atoms with Crippen molar-refractivity contribution in [3.63, 3.8) is 0 Å². The predicted molar refractivity (Wildman–Crippen MR) is 122 cm³/mol. The number of hydrogen-bond donors (Lipinski definition) is 0. The van der Waals surface area contributed by atoms with Gasteiger partial charge in [0.2, 0.25) is 5.84 Å². The monoisotopic (exact) mass is 412 g/mol. The van der Waals surface area contributed by atoms with Gasteiger partial charge >= 0.3 is 0 Å². The number of para-hydroxylation sites is 2. The molecule has 2 heterocycles. The highest BCUT2D eigenvalue weighted by molar-refractivity contribution is 6.18. The number of rotatable bonds is 2. The second-order valence-corrected chi connectivity index (χ2v) is 8.12. The van der Waals surface area contributed by atoms with E-state index in [1.54, 1.807) is 5.01 Å². The molecule has 0 N–H and O–H groups in total. The number of hydrogen-bond acceptors (Lipinski definition) is 5. The van der Waals surface area contributed by atoms with Gasteiger partial charge in [-0.3, -0.25) is 9.73 Å². The number of carbonyl (C=O) groups excluding carboxylic acids is 1. The van der Waals surface area contributed by atoms with Crippen LogP contribution in [0.3, 0.4) is 0 Å². The Labute approximate surface area is 181 Å². The van der Waals surface area contributed by atoms with Crippen LogP contribution in [0.1, 0.15) is 43.7 Å². The first kappa shape index (κ1) is 19.3.